The van der Waals surface area contributed by atoms with E-state index in [9.17, 15) is 0 Å². The Bertz CT molecular complexity index is 212. The molecule has 0 aliphatic heterocycles. The molecule has 0 amide bonds. The number of hydrogen-bond acceptors (Lipinski definition) is 2. The fraction of sp³-hybridized carbons (Fsp3) is 0.571. The lowest BCUT2D eigenvalue weighted by molar-refractivity contribution is 1.17. The zero-order valence-corrected chi connectivity index (χ0v) is 6.24. The van der Waals surface area contributed by atoms with Crippen LogP contribution in [0.3, 0.4) is 0 Å². The predicted octanol–water partition coefficient (Wildman–Crippen LogP) is 2.33. The van der Waals surface area contributed by atoms with E-state index in [-0.39, 0.29) is 0 Å². The summed E-state index contributed by atoms with van der Waals surface area (Å²) in [5.74, 6) is 0.885. The second kappa shape index (κ2) is 1.81. The van der Waals surface area contributed by atoms with E-state index in [0.29, 0.717) is 0 Å². The molecule has 1 aliphatic rings. The van der Waals surface area contributed by atoms with Crippen molar-refractivity contribution in [1.82, 2.24) is 4.37 Å². The van der Waals surface area contributed by atoms with E-state index in [1.54, 1.807) is 11.5 Å². The molecule has 0 unspecified atom stereocenters. The maximum Gasteiger partial charge on any atom is 0.0514 e. The molecule has 1 aromatic heterocycles. The molecule has 1 fully saturated rings. The molecule has 1 saturated carbocycles. The second-order valence-electron chi connectivity index (χ2n) is 2.64. The maximum atomic E-state index is 4.22. The molecule has 9 heavy (non-hydrogen) atoms. The Hall–Kier alpha value is -0.370. The van der Waals surface area contributed by atoms with Crippen LogP contribution in [0.25, 0.3) is 0 Å². The maximum absolute atomic E-state index is 4.22. The van der Waals surface area contributed by atoms with Crippen molar-refractivity contribution in [2.75, 3.05) is 0 Å². The summed E-state index contributed by atoms with van der Waals surface area (Å²) in [5.41, 5.74) is 1.18. The molecule has 0 spiro atoms. The van der Waals surface area contributed by atoms with E-state index in [0.717, 1.165) is 5.92 Å². The van der Waals surface area contributed by atoms with Crippen LogP contribution in [0, 0.1) is 6.92 Å². The highest BCUT2D eigenvalue weighted by Crippen LogP contribution is 2.41. The molecule has 1 aliphatic carbocycles. The third-order valence-corrected chi connectivity index (χ3v) is 2.67. The Balaban J connectivity index is 2.28. The number of aryl methyl sites for hydroxylation is 1. The average molecular weight is 139 g/mol. The molecule has 1 nitrogen and oxygen atoms in total. The minimum absolute atomic E-state index is 0.885. The van der Waals surface area contributed by atoms with E-state index in [2.05, 4.69) is 17.4 Å². The summed E-state index contributed by atoms with van der Waals surface area (Å²) in [6.45, 7) is 2.06. The van der Waals surface area contributed by atoms with E-state index in [4.69, 9.17) is 0 Å². The van der Waals surface area contributed by atoms with Gasteiger partial charge in [0.2, 0.25) is 0 Å². The van der Waals surface area contributed by atoms with Crippen LogP contribution < -0.4 is 0 Å². The lowest BCUT2D eigenvalue weighted by atomic mass is 10.3. The van der Waals surface area contributed by atoms with Gasteiger partial charge in [-0.3, -0.25) is 0 Å². The van der Waals surface area contributed by atoms with Gasteiger partial charge < -0.3 is 0 Å². The van der Waals surface area contributed by atoms with Crippen LogP contribution in [-0.4, -0.2) is 4.37 Å². The van der Waals surface area contributed by atoms with Crippen LogP contribution in [0.2, 0.25) is 0 Å². The zero-order chi connectivity index (χ0) is 6.27. The molecule has 48 valence electrons. The van der Waals surface area contributed by atoms with E-state index >= 15 is 0 Å². The molecule has 2 heteroatoms. The Morgan fingerprint density at radius 1 is 1.67 bits per heavy atom. The van der Waals surface area contributed by atoms with Crippen LogP contribution in [0.15, 0.2) is 6.07 Å². The first kappa shape index (κ1) is 5.42. The van der Waals surface area contributed by atoms with Crippen molar-refractivity contribution in [3.05, 3.63) is 16.6 Å². The molecule has 0 bridgehead atoms. The van der Waals surface area contributed by atoms with E-state index in [1.165, 1.54) is 23.4 Å². The van der Waals surface area contributed by atoms with Crippen LogP contribution in [0.1, 0.15) is 29.3 Å². The van der Waals surface area contributed by atoms with Crippen LogP contribution in [-0.2, 0) is 0 Å². The Morgan fingerprint density at radius 2 is 2.44 bits per heavy atom. The number of nitrogens with zero attached hydrogens (tertiary/aromatic N) is 1. The van der Waals surface area contributed by atoms with Crippen molar-refractivity contribution in [2.45, 2.75) is 25.7 Å². The first-order chi connectivity index (χ1) is 4.36. The van der Waals surface area contributed by atoms with Gasteiger partial charge in [0.05, 0.1) is 5.69 Å². The Labute approximate surface area is 58.9 Å². The first-order valence-electron chi connectivity index (χ1n) is 3.29. The molecule has 1 heterocycles. The summed E-state index contributed by atoms with van der Waals surface area (Å²) in [5, 5.41) is 0. The molecule has 2 rings (SSSR count). The van der Waals surface area contributed by atoms with Crippen molar-refractivity contribution in [2.24, 2.45) is 0 Å². The monoisotopic (exact) mass is 139 g/mol. The summed E-state index contributed by atoms with van der Waals surface area (Å²) in [6.07, 6.45) is 2.78. The molecular formula is C7H9NS. The fourth-order valence-corrected chi connectivity index (χ4v) is 1.85. The van der Waals surface area contributed by atoms with E-state index in [1.807, 2.05) is 0 Å². The van der Waals surface area contributed by atoms with Gasteiger partial charge in [-0.05, 0) is 43.3 Å². The van der Waals surface area contributed by atoms with Gasteiger partial charge in [-0.15, -0.1) is 0 Å². The van der Waals surface area contributed by atoms with Crippen LogP contribution >= 0.6 is 11.5 Å². The van der Waals surface area contributed by atoms with Crippen molar-refractivity contribution in [3.63, 3.8) is 0 Å². The molecular weight excluding hydrogens is 130 g/mol. The van der Waals surface area contributed by atoms with Gasteiger partial charge in [0, 0.05) is 4.88 Å². The lowest BCUT2D eigenvalue weighted by Gasteiger charge is -1.81. The molecule has 0 radical (unpaired) electrons. The second-order valence-corrected chi connectivity index (χ2v) is 3.48. The standard InChI is InChI=1S/C7H9NS/c1-5-4-7(9-8-5)6-2-3-6/h4,6H,2-3H2,1H3. The van der Waals surface area contributed by atoms with Gasteiger partial charge in [0.25, 0.3) is 0 Å². The van der Waals surface area contributed by atoms with Crippen molar-refractivity contribution < 1.29 is 0 Å². The molecule has 0 saturated heterocycles. The van der Waals surface area contributed by atoms with Gasteiger partial charge in [0.15, 0.2) is 0 Å². The van der Waals surface area contributed by atoms with Gasteiger partial charge >= 0.3 is 0 Å². The van der Waals surface area contributed by atoms with Crippen LogP contribution in [0.4, 0.5) is 0 Å². The summed E-state index contributed by atoms with van der Waals surface area (Å²) >= 11 is 1.67. The third kappa shape index (κ3) is 0.990. The van der Waals surface area contributed by atoms with Gasteiger partial charge in [-0.2, -0.15) is 4.37 Å². The predicted molar refractivity (Wildman–Crippen MR) is 38.8 cm³/mol. The SMILES string of the molecule is Cc1cc(C2CC2)sn1. The lowest BCUT2D eigenvalue weighted by Crippen LogP contribution is -1.65. The smallest absolute Gasteiger partial charge is 0.0514 e. The quantitative estimate of drug-likeness (QED) is 0.582. The summed E-state index contributed by atoms with van der Waals surface area (Å²) in [6, 6.07) is 2.21. The summed E-state index contributed by atoms with van der Waals surface area (Å²) in [4.78, 5) is 1.49. The molecule has 1 aromatic rings. The Morgan fingerprint density at radius 3 is 2.89 bits per heavy atom. The third-order valence-electron chi connectivity index (χ3n) is 1.63. The zero-order valence-electron chi connectivity index (χ0n) is 5.42. The average Bonchev–Trinajstić information content (AvgIpc) is 2.58. The number of rotatable bonds is 1. The number of aromatic nitrogens is 1. The van der Waals surface area contributed by atoms with Gasteiger partial charge in [0.1, 0.15) is 0 Å². The Kier molecular flexibility index (Phi) is 1.09. The molecule has 0 N–H and O–H groups in total. The largest absolute Gasteiger partial charge is 0.198 e. The highest BCUT2D eigenvalue weighted by molar-refractivity contribution is 7.05. The highest BCUT2D eigenvalue weighted by atomic mass is 32.1. The molecule has 0 atom stereocenters. The van der Waals surface area contributed by atoms with Gasteiger partial charge in [-0.1, -0.05) is 0 Å². The van der Waals surface area contributed by atoms with E-state index < -0.39 is 0 Å². The minimum atomic E-state index is 0.885. The number of hydrogen-bond donors (Lipinski definition) is 0. The van der Waals surface area contributed by atoms with Gasteiger partial charge in [-0.25, -0.2) is 0 Å². The fourth-order valence-electron chi connectivity index (χ4n) is 0.944. The van der Waals surface area contributed by atoms with Crippen LogP contribution in [0.5, 0.6) is 0 Å². The highest BCUT2D eigenvalue weighted by Gasteiger charge is 2.25. The summed E-state index contributed by atoms with van der Waals surface area (Å²) < 4.78 is 4.22. The molecule has 0 aromatic carbocycles. The van der Waals surface area contributed by atoms with Crippen molar-refractivity contribution in [1.29, 1.82) is 0 Å². The minimum Gasteiger partial charge on any atom is -0.198 e. The van der Waals surface area contributed by atoms with Crippen molar-refractivity contribution >= 4 is 11.5 Å². The normalized spacial score (nSPS) is 18.3. The topological polar surface area (TPSA) is 12.9 Å². The van der Waals surface area contributed by atoms with Crippen molar-refractivity contribution in [3.8, 4) is 0 Å². The first-order valence-corrected chi connectivity index (χ1v) is 4.07. The summed E-state index contributed by atoms with van der Waals surface area (Å²) in [7, 11) is 0.